The topological polar surface area (TPSA) is 72.5 Å². The number of hydrogen-bond acceptors (Lipinski definition) is 4. The molecule has 10 heavy (non-hydrogen) atoms. The fourth-order valence-corrected chi connectivity index (χ4v) is 0.339. The smallest absolute Gasteiger partial charge is 0.330 e. The molecule has 0 fully saturated rings. The average Bonchev–Trinajstić information content (AvgIpc) is 1.87. The SMILES string of the molecule is C=CC(=O)OCCC(N)O. The molecule has 0 spiro atoms. The highest BCUT2D eigenvalue weighted by Crippen LogP contribution is 1.86. The van der Waals surface area contributed by atoms with E-state index in [1.54, 1.807) is 0 Å². The van der Waals surface area contributed by atoms with Crippen molar-refractivity contribution in [2.75, 3.05) is 6.61 Å². The summed E-state index contributed by atoms with van der Waals surface area (Å²) in [6.07, 6.45) is 0.389. The molecule has 0 aliphatic rings. The molecule has 0 heterocycles. The number of hydrogen-bond donors (Lipinski definition) is 2. The lowest BCUT2D eigenvalue weighted by atomic mass is 10.4. The van der Waals surface area contributed by atoms with Crippen LogP contribution < -0.4 is 5.73 Å². The number of aliphatic hydroxyl groups excluding tert-OH is 1. The summed E-state index contributed by atoms with van der Waals surface area (Å²) < 4.78 is 4.50. The lowest BCUT2D eigenvalue weighted by Gasteiger charge is -2.02. The van der Waals surface area contributed by atoms with Gasteiger partial charge in [0, 0.05) is 12.5 Å². The molecule has 1 unspecified atom stereocenters. The van der Waals surface area contributed by atoms with Gasteiger partial charge in [-0.1, -0.05) is 6.58 Å². The molecule has 0 aromatic rings. The van der Waals surface area contributed by atoms with E-state index in [4.69, 9.17) is 10.8 Å². The van der Waals surface area contributed by atoms with E-state index in [1.807, 2.05) is 0 Å². The molecule has 0 radical (unpaired) electrons. The molecule has 0 aliphatic carbocycles. The first-order chi connectivity index (χ1) is 4.66. The van der Waals surface area contributed by atoms with Crippen molar-refractivity contribution in [1.29, 1.82) is 0 Å². The van der Waals surface area contributed by atoms with Gasteiger partial charge in [0.1, 0.15) is 6.23 Å². The second-order valence-corrected chi connectivity index (χ2v) is 1.73. The molecule has 0 saturated carbocycles. The third-order valence-corrected chi connectivity index (χ3v) is 0.825. The second kappa shape index (κ2) is 4.96. The maximum absolute atomic E-state index is 10.3. The van der Waals surface area contributed by atoms with Gasteiger partial charge in [0.25, 0.3) is 0 Å². The Labute approximate surface area is 59.3 Å². The lowest BCUT2D eigenvalue weighted by molar-refractivity contribution is -0.138. The zero-order valence-electron chi connectivity index (χ0n) is 5.62. The van der Waals surface area contributed by atoms with Gasteiger partial charge in [-0.15, -0.1) is 0 Å². The lowest BCUT2D eigenvalue weighted by Crippen LogP contribution is -2.21. The average molecular weight is 145 g/mol. The Morgan fingerprint density at radius 1 is 1.90 bits per heavy atom. The molecule has 0 saturated heterocycles. The minimum Gasteiger partial charge on any atom is -0.462 e. The van der Waals surface area contributed by atoms with E-state index < -0.39 is 12.2 Å². The van der Waals surface area contributed by atoms with Crippen LogP contribution in [0.25, 0.3) is 0 Å². The molecular formula is C6H11NO3. The fraction of sp³-hybridized carbons (Fsp3) is 0.500. The van der Waals surface area contributed by atoms with E-state index in [-0.39, 0.29) is 13.0 Å². The number of aliphatic hydroxyl groups is 1. The minimum atomic E-state index is -0.919. The summed E-state index contributed by atoms with van der Waals surface area (Å²) in [5.74, 6) is -0.499. The predicted octanol–water partition coefficient (Wildman–Crippen LogP) is -0.617. The van der Waals surface area contributed by atoms with Crippen molar-refractivity contribution in [3.63, 3.8) is 0 Å². The van der Waals surface area contributed by atoms with Crippen molar-refractivity contribution in [1.82, 2.24) is 0 Å². The molecule has 0 rings (SSSR count). The maximum Gasteiger partial charge on any atom is 0.330 e. The first kappa shape index (κ1) is 9.13. The van der Waals surface area contributed by atoms with Crippen LogP contribution in [-0.4, -0.2) is 23.9 Å². The largest absolute Gasteiger partial charge is 0.462 e. The van der Waals surface area contributed by atoms with Gasteiger partial charge in [0.15, 0.2) is 0 Å². The number of rotatable bonds is 4. The Bertz CT molecular complexity index is 122. The summed E-state index contributed by atoms with van der Waals surface area (Å²) in [7, 11) is 0. The third kappa shape index (κ3) is 5.27. The first-order valence-electron chi connectivity index (χ1n) is 2.89. The Hall–Kier alpha value is -0.870. The number of esters is 1. The van der Waals surface area contributed by atoms with E-state index in [9.17, 15) is 4.79 Å². The normalized spacial score (nSPS) is 12.2. The fourth-order valence-electron chi connectivity index (χ4n) is 0.339. The molecule has 4 nitrogen and oxygen atoms in total. The van der Waals surface area contributed by atoms with E-state index >= 15 is 0 Å². The summed E-state index contributed by atoms with van der Waals surface area (Å²) in [5.41, 5.74) is 4.96. The Kier molecular flexibility index (Phi) is 4.53. The zero-order chi connectivity index (χ0) is 7.98. The predicted molar refractivity (Wildman–Crippen MR) is 36.0 cm³/mol. The van der Waals surface area contributed by atoms with E-state index in [0.29, 0.717) is 0 Å². The molecule has 1 atom stereocenters. The van der Waals surface area contributed by atoms with Crippen LogP contribution in [0.3, 0.4) is 0 Å². The van der Waals surface area contributed by atoms with Gasteiger partial charge in [-0.2, -0.15) is 0 Å². The Balaban J connectivity index is 3.19. The Morgan fingerprint density at radius 3 is 2.90 bits per heavy atom. The number of nitrogens with two attached hydrogens (primary N) is 1. The maximum atomic E-state index is 10.3. The van der Waals surface area contributed by atoms with Crippen LogP contribution in [0, 0.1) is 0 Å². The molecule has 0 aliphatic heterocycles. The first-order valence-corrected chi connectivity index (χ1v) is 2.89. The van der Waals surface area contributed by atoms with Gasteiger partial charge in [0.05, 0.1) is 6.61 Å². The van der Waals surface area contributed by atoms with Crippen LogP contribution in [0.15, 0.2) is 12.7 Å². The molecule has 0 bridgehead atoms. The highest BCUT2D eigenvalue weighted by molar-refractivity contribution is 5.81. The van der Waals surface area contributed by atoms with Crippen LogP contribution in [0.2, 0.25) is 0 Å². The molecule has 3 N–H and O–H groups in total. The zero-order valence-corrected chi connectivity index (χ0v) is 5.62. The second-order valence-electron chi connectivity index (χ2n) is 1.73. The van der Waals surface area contributed by atoms with Crippen molar-refractivity contribution in [2.45, 2.75) is 12.6 Å². The summed E-state index contributed by atoms with van der Waals surface area (Å²) in [4.78, 5) is 10.3. The molecular weight excluding hydrogens is 134 g/mol. The van der Waals surface area contributed by atoms with Gasteiger partial charge in [-0.3, -0.25) is 0 Å². The van der Waals surface area contributed by atoms with Crippen molar-refractivity contribution in [3.8, 4) is 0 Å². The van der Waals surface area contributed by atoms with Crippen LogP contribution in [-0.2, 0) is 9.53 Å². The highest BCUT2D eigenvalue weighted by Gasteiger charge is 1.97. The summed E-state index contributed by atoms with van der Waals surface area (Å²) in [6.45, 7) is 3.32. The van der Waals surface area contributed by atoms with Gasteiger partial charge >= 0.3 is 5.97 Å². The number of carbonyl (C=O) groups is 1. The third-order valence-electron chi connectivity index (χ3n) is 0.825. The standard InChI is InChI=1S/C6H11NO3/c1-2-6(9)10-4-3-5(7)8/h2,5,8H,1,3-4,7H2. The van der Waals surface area contributed by atoms with Crippen molar-refractivity contribution in [2.24, 2.45) is 5.73 Å². The number of ether oxygens (including phenoxy) is 1. The molecule has 4 heteroatoms. The van der Waals surface area contributed by atoms with Crippen molar-refractivity contribution < 1.29 is 14.6 Å². The highest BCUT2D eigenvalue weighted by atomic mass is 16.5. The number of carbonyl (C=O) groups excluding carboxylic acids is 1. The van der Waals surface area contributed by atoms with Crippen molar-refractivity contribution >= 4 is 5.97 Å². The molecule has 0 aromatic carbocycles. The Morgan fingerprint density at radius 2 is 2.50 bits per heavy atom. The van der Waals surface area contributed by atoms with Crippen LogP contribution in [0.5, 0.6) is 0 Å². The molecule has 0 aromatic heterocycles. The van der Waals surface area contributed by atoms with E-state index in [0.717, 1.165) is 6.08 Å². The van der Waals surface area contributed by atoms with Crippen molar-refractivity contribution in [3.05, 3.63) is 12.7 Å². The quantitative estimate of drug-likeness (QED) is 0.314. The summed E-state index contributed by atoms with van der Waals surface area (Å²) in [6, 6.07) is 0. The molecule has 58 valence electrons. The minimum absolute atomic E-state index is 0.127. The summed E-state index contributed by atoms with van der Waals surface area (Å²) >= 11 is 0. The van der Waals surface area contributed by atoms with Gasteiger partial charge < -0.3 is 15.6 Å². The van der Waals surface area contributed by atoms with Crippen LogP contribution in [0.4, 0.5) is 0 Å². The van der Waals surface area contributed by atoms with Crippen LogP contribution >= 0.6 is 0 Å². The van der Waals surface area contributed by atoms with Gasteiger partial charge in [-0.25, -0.2) is 4.79 Å². The van der Waals surface area contributed by atoms with E-state index in [2.05, 4.69) is 11.3 Å². The summed E-state index contributed by atoms with van der Waals surface area (Å²) in [5, 5.41) is 8.50. The van der Waals surface area contributed by atoms with Gasteiger partial charge in [0.2, 0.25) is 0 Å². The van der Waals surface area contributed by atoms with E-state index in [1.165, 1.54) is 0 Å². The van der Waals surface area contributed by atoms with Gasteiger partial charge in [-0.05, 0) is 0 Å². The molecule has 0 amide bonds. The monoisotopic (exact) mass is 145 g/mol. The van der Waals surface area contributed by atoms with Crippen LogP contribution in [0.1, 0.15) is 6.42 Å².